The molecule has 3 aliphatic rings. The van der Waals surface area contributed by atoms with Crippen LogP contribution in [0.15, 0.2) is 0 Å². The maximum absolute atomic E-state index is 12.4. The molecule has 1 aliphatic heterocycles. The van der Waals surface area contributed by atoms with E-state index in [0.717, 1.165) is 31.5 Å². The Morgan fingerprint density at radius 1 is 1.28 bits per heavy atom. The molecule has 1 spiro atoms. The first kappa shape index (κ1) is 16.4. The first-order chi connectivity index (χ1) is 12.0. The second-order valence-electron chi connectivity index (χ2n) is 7.87. The second kappa shape index (κ2) is 6.00. The quantitative estimate of drug-likeness (QED) is 0.859. The summed E-state index contributed by atoms with van der Waals surface area (Å²) < 4.78 is 1.63. The summed E-state index contributed by atoms with van der Waals surface area (Å²) in [6, 6.07) is -0.131. The van der Waals surface area contributed by atoms with Crippen LogP contribution in [0.2, 0.25) is 0 Å². The smallest absolute Gasteiger partial charge is 0.323 e. The molecule has 4 rings (SSSR count). The van der Waals surface area contributed by atoms with E-state index in [9.17, 15) is 9.59 Å². The van der Waals surface area contributed by atoms with Gasteiger partial charge < -0.3 is 10.2 Å². The normalized spacial score (nSPS) is 24.2. The number of carbonyl (C=O) groups excluding carboxylic acids is 2. The van der Waals surface area contributed by atoms with Crippen molar-refractivity contribution < 1.29 is 9.59 Å². The summed E-state index contributed by atoms with van der Waals surface area (Å²) in [7, 11) is 1.80. The SMILES string of the molecule is Cc1c(NC(=O)N2CCC3(CC2)CC3C(=O)NCC2CC2)nnn1C. The van der Waals surface area contributed by atoms with E-state index in [0.29, 0.717) is 24.8 Å². The van der Waals surface area contributed by atoms with Crippen LogP contribution >= 0.6 is 0 Å². The number of likely N-dealkylation sites (tertiary alicyclic amines) is 1. The van der Waals surface area contributed by atoms with Crippen molar-refractivity contribution in [3.63, 3.8) is 0 Å². The summed E-state index contributed by atoms with van der Waals surface area (Å²) >= 11 is 0. The van der Waals surface area contributed by atoms with Crippen molar-refractivity contribution in [3.8, 4) is 0 Å². The van der Waals surface area contributed by atoms with Crippen LogP contribution in [0.5, 0.6) is 0 Å². The van der Waals surface area contributed by atoms with Gasteiger partial charge in [0.2, 0.25) is 5.91 Å². The van der Waals surface area contributed by atoms with Crippen LogP contribution in [0.1, 0.15) is 37.8 Å². The number of anilines is 1. The van der Waals surface area contributed by atoms with Crippen molar-refractivity contribution in [2.75, 3.05) is 25.0 Å². The highest BCUT2D eigenvalue weighted by atomic mass is 16.2. The molecule has 0 bridgehead atoms. The summed E-state index contributed by atoms with van der Waals surface area (Å²) in [6.07, 6.45) is 5.29. The number of amides is 3. The predicted molar refractivity (Wildman–Crippen MR) is 91.8 cm³/mol. The Kier molecular flexibility index (Phi) is 3.92. The zero-order valence-corrected chi connectivity index (χ0v) is 14.9. The molecule has 1 saturated heterocycles. The van der Waals surface area contributed by atoms with E-state index in [2.05, 4.69) is 20.9 Å². The Bertz CT molecular complexity index is 687. The molecule has 1 aromatic heterocycles. The minimum atomic E-state index is -0.131. The van der Waals surface area contributed by atoms with Gasteiger partial charge in [-0.05, 0) is 50.4 Å². The van der Waals surface area contributed by atoms with E-state index >= 15 is 0 Å². The highest BCUT2D eigenvalue weighted by molar-refractivity contribution is 5.89. The summed E-state index contributed by atoms with van der Waals surface area (Å²) in [6.45, 7) is 4.10. The number of hydrogen-bond acceptors (Lipinski definition) is 4. The van der Waals surface area contributed by atoms with E-state index in [4.69, 9.17) is 0 Å². The Morgan fingerprint density at radius 2 is 2.00 bits per heavy atom. The van der Waals surface area contributed by atoms with Gasteiger partial charge in [0, 0.05) is 32.6 Å². The van der Waals surface area contributed by atoms with Gasteiger partial charge in [-0.2, -0.15) is 0 Å². The average molecular weight is 346 g/mol. The molecule has 2 aliphatic carbocycles. The van der Waals surface area contributed by atoms with Gasteiger partial charge in [0.25, 0.3) is 0 Å². The lowest BCUT2D eigenvalue weighted by Crippen LogP contribution is -2.43. The van der Waals surface area contributed by atoms with Gasteiger partial charge in [0.15, 0.2) is 5.82 Å². The van der Waals surface area contributed by atoms with Crippen LogP contribution in [0, 0.1) is 24.2 Å². The third-order valence-electron chi connectivity index (χ3n) is 6.15. The number of nitrogens with one attached hydrogen (secondary N) is 2. The van der Waals surface area contributed by atoms with Gasteiger partial charge in [-0.1, -0.05) is 5.21 Å². The third-order valence-corrected chi connectivity index (χ3v) is 6.15. The molecule has 8 nitrogen and oxygen atoms in total. The number of aromatic nitrogens is 3. The van der Waals surface area contributed by atoms with Gasteiger partial charge in [-0.3, -0.25) is 14.8 Å². The fraction of sp³-hybridized carbons (Fsp3) is 0.765. The highest BCUT2D eigenvalue weighted by Crippen LogP contribution is 2.59. The number of rotatable bonds is 4. The Labute approximate surface area is 147 Å². The molecule has 2 heterocycles. The van der Waals surface area contributed by atoms with Crippen LogP contribution in [0.25, 0.3) is 0 Å². The van der Waals surface area contributed by atoms with Crippen molar-refractivity contribution in [3.05, 3.63) is 5.69 Å². The molecule has 3 fully saturated rings. The monoisotopic (exact) mass is 346 g/mol. The second-order valence-corrected chi connectivity index (χ2v) is 7.87. The van der Waals surface area contributed by atoms with Crippen LogP contribution in [0.3, 0.4) is 0 Å². The van der Waals surface area contributed by atoms with E-state index < -0.39 is 0 Å². The predicted octanol–water partition coefficient (Wildman–Crippen LogP) is 1.28. The zero-order chi connectivity index (χ0) is 17.6. The first-order valence-electron chi connectivity index (χ1n) is 9.18. The Hall–Kier alpha value is -2.12. The van der Waals surface area contributed by atoms with Crippen LogP contribution < -0.4 is 10.6 Å². The summed E-state index contributed by atoms with van der Waals surface area (Å²) in [5, 5.41) is 13.8. The summed E-state index contributed by atoms with van der Waals surface area (Å²) in [4.78, 5) is 26.5. The van der Waals surface area contributed by atoms with Gasteiger partial charge in [0.05, 0.1) is 5.69 Å². The van der Waals surface area contributed by atoms with Crippen LogP contribution in [0.4, 0.5) is 10.6 Å². The molecule has 25 heavy (non-hydrogen) atoms. The molecule has 1 atom stereocenters. The van der Waals surface area contributed by atoms with E-state index in [1.807, 2.05) is 11.8 Å². The van der Waals surface area contributed by atoms with Crippen LogP contribution in [-0.4, -0.2) is 51.5 Å². The first-order valence-corrected chi connectivity index (χ1v) is 9.18. The molecular weight excluding hydrogens is 320 g/mol. The van der Waals surface area contributed by atoms with Crippen molar-refractivity contribution in [2.45, 2.75) is 39.0 Å². The van der Waals surface area contributed by atoms with E-state index in [1.54, 1.807) is 11.7 Å². The van der Waals surface area contributed by atoms with Gasteiger partial charge in [-0.15, -0.1) is 5.10 Å². The Balaban J connectivity index is 1.26. The van der Waals surface area contributed by atoms with Crippen molar-refractivity contribution in [1.82, 2.24) is 25.2 Å². The number of urea groups is 1. The molecule has 2 N–H and O–H groups in total. The highest BCUT2D eigenvalue weighted by Gasteiger charge is 2.58. The molecule has 1 unspecified atom stereocenters. The minimum absolute atomic E-state index is 0.131. The standard InChI is InChI=1S/C17H26N6O2/c1-11-14(20-21-22(11)2)19-16(25)23-7-5-17(6-8-23)9-13(17)15(24)18-10-12-3-4-12/h12-13H,3-10H2,1-2H3,(H,18,24)(H,19,25). The summed E-state index contributed by atoms with van der Waals surface area (Å²) in [5.41, 5.74) is 0.962. The molecule has 0 radical (unpaired) electrons. The topological polar surface area (TPSA) is 92.2 Å². The van der Waals surface area contributed by atoms with Gasteiger partial charge >= 0.3 is 6.03 Å². The molecular formula is C17H26N6O2. The molecule has 0 aromatic carbocycles. The zero-order valence-electron chi connectivity index (χ0n) is 14.9. The Morgan fingerprint density at radius 3 is 2.60 bits per heavy atom. The van der Waals surface area contributed by atoms with Crippen molar-refractivity contribution in [2.24, 2.45) is 24.3 Å². The lowest BCUT2D eigenvalue weighted by Gasteiger charge is -2.32. The van der Waals surface area contributed by atoms with E-state index in [1.165, 1.54) is 12.8 Å². The number of hydrogen-bond donors (Lipinski definition) is 2. The lowest BCUT2D eigenvalue weighted by molar-refractivity contribution is -0.123. The fourth-order valence-corrected chi connectivity index (χ4v) is 3.82. The van der Waals surface area contributed by atoms with E-state index in [-0.39, 0.29) is 23.3 Å². The lowest BCUT2D eigenvalue weighted by atomic mass is 9.90. The summed E-state index contributed by atoms with van der Waals surface area (Å²) in [5.74, 6) is 1.60. The molecule has 3 amide bonds. The maximum Gasteiger partial charge on any atom is 0.323 e. The van der Waals surface area contributed by atoms with Gasteiger partial charge in [0.1, 0.15) is 0 Å². The fourth-order valence-electron chi connectivity index (χ4n) is 3.82. The average Bonchev–Trinajstić information content (AvgIpc) is 3.52. The van der Waals surface area contributed by atoms with Crippen molar-refractivity contribution in [1.29, 1.82) is 0 Å². The van der Waals surface area contributed by atoms with Crippen LogP contribution in [-0.2, 0) is 11.8 Å². The number of carbonyl (C=O) groups is 2. The van der Waals surface area contributed by atoms with Gasteiger partial charge in [-0.25, -0.2) is 4.79 Å². The molecule has 8 heteroatoms. The molecule has 2 saturated carbocycles. The third kappa shape index (κ3) is 3.21. The number of nitrogens with zero attached hydrogens (tertiary/aromatic N) is 4. The molecule has 136 valence electrons. The maximum atomic E-state index is 12.4. The number of aryl methyl sites for hydroxylation is 1. The number of piperidine rings is 1. The molecule has 1 aromatic rings. The largest absolute Gasteiger partial charge is 0.356 e. The van der Waals surface area contributed by atoms with Crippen molar-refractivity contribution >= 4 is 17.8 Å². The minimum Gasteiger partial charge on any atom is -0.356 e.